The van der Waals surface area contributed by atoms with E-state index >= 15 is 0 Å². The average molecular weight is 324 g/mol. The minimum atomic E-state index is 0.507. The summed E-state index contributed by atoms with van der Waals surface area (Å²) in [7, 11) is 3.22. The van der Waals surface area contributed by atoms with E-state index in [1.807, 2.05) is 24.3 Å². The van der Waals surface area contributed by atoms with Gasteiger partial charge in [-0.2, -0.15) is 4.98 Å². The third-order valence-electron chi connectivity index (χ3n) is 2.51. The highest BCUT2D eigenvalue weighted by Gasteiger charge is 2.04. The fourth-order valence-electron chi connectivity index (χ4n) is 1.50. The Morgan fingerprint density at radius 3 is 2.53 bits per heavy atom. The monoisotopic (exact) mass is 323 g/mol. The molecular weight excluding hydrogens is 310 g/mol. The van der Waals surface area contributed by atoms with E-state index in [-0.39, 0.29) is 0 Å². The Kier molecular flexibility index (Phi) is 4.57. The minimum absolute atomic E-state index is 0.507. The number of methoxy groups -OCH3 is 2. The normalized spacial score (nSPS) is 10.1. The average Bonchev–Trinajstić information content (AvgIpc) is 2.47. The fourth-order valence-corrected chi connectivity index (χ4v) is 1.86. The molecule has 0 radical (unpaired) electrons. The molecule has 0 aliphatic heterocycles. The maximum absolute atomic E-state index is 5.11. The summed E-state index contributed by atoms with van der Waals surface area (Å²) in [5, 5.41) is 3.14. The predicted octanol–water partition coefficient (Wildman–Crippen LogP) is 2.87. The smallest absolute Gasteiger partial charge is 0.232 e. The number of hydrogen-bond donors (Lipinski definition) is 1. The first-order valence-corrected chi connectivity index (χ1v) is 6.45. The van der Waals surface area contributed by atoms with Crippen LogP contribution >= 0.6 is 15.9 Å². The van der Waals surface area contributed by atoms with Crippen LogP contribution in [0.4, 0.5) is 5.95 Å². The summed E-state index contributed by atoms with van der Waals surface area (Å²) in [6.07, 6.45) is 1.65. The van der Waals surface area contributed by atoms with Crippen LogP contribution in [0.5, 0.6) is 11.6 Å². The van der Waals surface area contributed by atoms with E-state index in [0.717, 1.165) is 15.8 Å². The molecule has 2 aromatic rings. The van der Waals surface area contributed by atoms with Crippen molar-refractivity contribution in [3.8, 4) is 11.6 Å². The van der Waals surface area contributed by atoms with Crippen molar-refractivity contribution in [2.75, 3.05) is 19.5 Å². The van der Waals surface area contributed by atoms with Crippen molar-refractivity contribution < 1.29 is 9.47 Å². The van der Waals surface area contributed by atoms with Crippen LogP contribution in [-0.2, 0) is 6.54 Å². The van der Waals surface area contributed by atoms with Gasteiger partial charge in [-0.3, -0.25) is 0 Å². The maximum Gasteiger partial charge on any atom is 0.232 e. The molecular formula is C13H14BrN3O2. The highest BCUT2D eigenvalue weighted by Crippen LogP contribution is 2.22. The molecule has 0 fully saturated rings. The van der Waals surface area contributed by atoms with Crippen molar-refractivity contribution in [2.45, 2.75) is 6.54 Å². The molecule has 0 amide bonds. The van der Waals surface area contributed by atoms with Gasteiger partial charge >= 0.3 is 0 Å². The number of halogens is 1. The zero-order chi connectivity index (χ0) is 13.7. The number of benzene rings is 1. The lowest BCUT2D eigenvalue weighted by Gasteiger charge is -2.07. The molecule has 0 saturated carbocycles. The van der Waals surface area contributed by atoms with Gasteiger partial charge in [-0.25, -0.2) is 4.98 Å². The zero-order valence-corrected chi connectivity index (χ0v) is 12.3. The van der Waals surface area contributed by atoms with E-state index < -0.39 is 0 Å². The third kappa shape index (κ3) is 3.57. The topological polar surface area (TPSA) is 56.3 Å². The molecule has 1 heterocycles. The molecule has 5 nitrogen and oxygen atoms in total. The molecule has 0 bridgehead atoms. The SMILES string of the molecule is COc1ccc(CNc2ncc(Br)c(OC)n2)cc1. The van der Waals surface area contributed by atoms with E-state index in [9.17, 15) is 0 Å². The molecule has 100 valence electrons. The number of anilines is 1. The number of hydrogen-bond acceptors (Lipinski definition) is 5. The van der Waals surface area contributed by atoms with E-state index in [0.29, 0.717) is 18.4 Å². The molecule has 0 unspecified atom stereocenters. The summed E-state index contributed by atoms with van der Waals surface area (Å²) < 4.78 is 10.9. The lowest BCUT2D eigenvalue weighted by molar-refractivity contribution is 0.394. The summed E-state index contributed by atoms with van der Waals surface area (Å²) in [5.41, 5.74) is 1.12. The number of ether oxygens (including phenoxy) is 2. The van der Waals surface area contributed by atoms with E-state index in [1.165, 1.54) is 0 Å². The van der Waals surface area contributed by atoms with Crippen molar-refractivity contribution in [3.63, 3.8) is 0 Å². The quantitative estimate of drug-likeness (QED) is 0.916. The molecule has 2 rings (SSSR count). The molecule has 0 spiro atoms. The first kappa shape index (κ1) is 13.6. The minimum Gasteiger partial charge on any atom is -0.497 e. The molecule has 19 heavy (non-hydrogen) atoms. The van der Waals surface area contributed by atoms with Crippen LogP contribution in [-0.4, -0.2) is 24.2 Å². The Hall–Kier alpha value is -1.82. The fraction of sp³-hybridized carbons (Fsp3) is 0.231. The highest BCUT2D eigenvalue weighted by atomic mass is 79.9. The first-order valence-electron chi connectivity index (χ1n) is 5.66. The van der Waals surface area contributed by atoms with Crippen LogP contribution in [0, 0.1) is 0 Å². The van der Waals surface area contributed by atoms with Crippen LogP contribution in [0.1, 0.15) is 5.56 Å². The van der Waals surface area contributed by atoms with Crippen molar-refractivity contribution in [3.05, 3.63) is 40.5 Å². The largest absolute Gasteiger partial charge is 0.497 e. The van der Waals surface area contributed by atoms with Crippen LogP contribution < -0.4 is 14.8 Å². The van der Waals surface area contributed by atoms with Gasteiger partial charge < -0.3 is 14.8 Å². The van der Waals surface area contributed by atoms with Gasteiger partial charge in [0, 0.05) is 6.54 Å². The van der Waals surface area contributed by atoms with Gasteiger partial charge in [-0.15, -0.1) is 0 Å². The molecule has 0 aliphatic carbocycles. The molecule has 6 heteroatoms. The second kappa shape index (κ2) is 6.38. The van der Waals surface area contributed by atoms with Crippen LogP contribution in [0.2, 0.25) is 0 Å². The van der Waals surface area contributed by atoms with Crippen LogP contribution in [0.15, 0.2) is 34.9 Å². The molecule has 0 aliphatic rings. The summed E-state index contributed by atoms with van der Waals surface area (Å²) >= 11 is 3.31. The van der Waals surface area contributed by atoms with Crippen LogP contribution in [0.3, 0.4) is 0 Å². The Morgan fingerprint density at radius 2 is 1.89 bits per heavy atom. The zero-order valence-electron chi connectivity index (χ0n) is 10.7. The van der Waals surface area contributed by atoms with E-state index in [1.54, 1.807) is 20.4 Å². The van der Waals surface area contributed by atoms with Gasteiger partial charge in [0.05, 0.1) is 24.9 Å². The van der Waals surface area contributed by atoms with Crippen LogP contribution in [0.25, 0.3) is 0 Å². The standard InChI is InChI=1S/C13H14BrN3O2/c1-18-10-5-3-9(4-6-10)7-15-13-16-8-11(14)12(17-13)19-2/h3-6,8H,7H2,1-2H3,(H,15,16,17). The Balaban J connectivity index is 2.01. The molecule has 0 saturated heterocycles. The number of aromatic nitrogens is 2. The van der Waals surface area contributed by atoms with Crippen molar-refractivity contribution in [2.24, 2.45) is 0 Å². The first-order chi connectivity index (χ1) is 9.22. The molecule has 1 aromatic carbocycles. The summed E-state index contributed by atoms with van der Waals surface area (Å²) in [5.74, 6) is 1.87. The van der Waals surface area contributed by atoms with Gasteiger partial charge in [0.15, 0.2) is 0 Å². The van der Waals surface area contributed by atoms with Crippen molar-refractivity contribution >= 4 is 21.9 Å². The van der Waals surface area contributed by atoms with Gasteiger partial charge in [-0.05, 0) is 33.6 Å². The van der Waals surface area contributed by atoms with Gasteiger partial charge in [0.1, 0.15) is 5.75 Å². The summed E-state index contributed by atoms with van der Waals surface area (Å²) in [6, 6.07) is 7.81. The van der Waals surface area contributed by atoms with Gasteiger partial charge in [0.25, 0.3) is 0 Å². The molecule has 1 aromatic heterocycles. The second-order valence-electron chi connectivity index (χ2n) is 3.75. The lowest BCUT2D eigenvalue weighted by atomic mass is 10.2. The van der Waals surface area contributed by atoms with Gasteiger partial charge in [-0.1, -0.05) is 12.1 Å². The highest BCUT2D eigenvalue weighted by molar-refractivity contribution is 9.10. The molecule has 1 N–H and O–H groups in total. The summed E-state index contributed by atoms with van der Waals surface area (Å²) in [4.78, 5) is 8.39. The summed E-state index contributed by atoms with van der Waals surface area (Å²) in [6.45, 7) is 0.634. The Morgan fingerprint density at radius 1 is 1.16 bits per heavy atom. The Labute approximate surface area is 120 Å². The number of nitrogens with zero attached hydrogens (tertiary/aromatic N) is 2. The van der Waals surface area contributed by atoms with Crippen molar-refractivity contribution in [1.29, 1.82) is 0 Å². The second-order valence-corrected chi connectivity index (χ2v) is 4.61. The number of rotatable bonds is 5. The molecule has 0 atom stereocenters. The predicted molar refractivity (Wildman–Crippen MR) is 76.6 cm³/mol. The maximum atomic E-state index is 5.11. The van der Waals surface area contributed by atoms with E-state index in [4.69, 9.17) is 9.47 Å². The van der Waals surface area contributed by atoms with E-state index in [2.05, 4.69) is 31.2 Å². The third-order valence-corrected chi connectivity index (χ3v) is 3.06. The van der Waals surface area contributed by atoms with Crippen molar-refractivity contribution in [1.82, 2.24) is 9.97 Å². The lowest BCUT2D eigenvalue weighted by Crippen LogP contribution is -2.04. The van der Waals surface area contributed by atoms with Gasteiger partial charge in [0.2, 0.25) is 11.8 Å². The number of nitrogens with one attached hydrogen (secondary N) is 1. The Bertz CT molecular complexity index is 546.